The van der Waals surface area contributed by atoms with Crippen molar-refractivity contribution in [2.45, 2.75) is 13.5 Å². The van der Waals surface area contributed by atoms with Gasteiger partial charge < -0.3 is 5.32 Å². The van der Waals surface area contributed by atoms with Crippen LogP contribution in [0.1, 0.15) is 5.82 Å². The van der Waals surface area contributed by atoms with E-state index in [-0.39, 0.29) is 23.0 Å². The Morgan fingerprint density at radius 2 is 1.92 bits per heavy atom. The van der Waals surface area contributed by atoms with Gasteiger partial charge in [0.05, 0.1) is 26.6 Å². The normalized spacial score (nSPS) is 10.8. The number of nitrogens with zero attached hydrogens (tertiary/aromatic N) is 2. The second-order valence-corrected chi connectivity index (χ2v) is 6.00. The van der Waals surface area contributed by atoms with Crippen molar-refractivity contribution in [1.29, 1.82) is 0 Å². The Labute approximate surface area is 147 Å². The van der Waals surface area contributed by atoms with E-state index in [2.05, 4.69) is 10.3 Å². The molecule has 0 spiro atoms. The minimum absolute atomic E-state index is 0.161. The summed E-state index contributed by atoms with van der Waals surface area (Å²) in [7, 11) is 0. The molecule has 0 atom stereocenters. The zero-order chi connectivity index (χ0) is 17.3. The second kappa shape index (κ2) is 6.63. The first-order chi connectivity index (χ1) is 11.5. The van der Waals surface area contributed by atoms with Gasteiger partial charge in [0, 0.05) is 0 Å². The summed E-state index contributed by atoms with van der Waals surface area (Å²) in [5, 5.41) is 3.73. The predicted octanol–water partition coefficient (Wildman–Crippen LogP) is 3.65. The van der Waals surface area contributed by atoms with Crippen molar-refractivity contribution in [2.75, 3.05) is 5.32 Å². The molecule has 1 aromatic heterocycles. The molecule has 0 saturated heterocycles. The summed E-state index contributed by atoms with van der Waals surface area (Å²) in [6, 6.07) is 12.0. The lowest BCUT2D eigenvalue weighted by atomic mass is 10.2. The van der Waals surface area contributed by atoms with Crippen LogP contribution in [-0.2, 0) is 11.3 Å². The number of halogens is 2. The average Bonchev–Trinajstić information content (AvgIpc) is 2.56. The van der Waals surface area contributed by atoms with E-state index >= 15 is 0 Å². The van der Waals surface area contributed by atoms with Crippen molar-refractivity contribution in [3.05, 3.63) is 68.7 Å². The number of aromatic nitrogens is 2. The number of amides is 1. The highest BCUT2D eigenvalue weighted by atomic mass is 35.5. The first kappa shape index (κ1) is 16.5. The lowest BCUT2D eigenvalue weighted by Crippen LogP contribution is -2.30. The minimum Gasteiger partial charge on any atom is -0.323 e. The number of rotatable bonds is 3. The van der Waals surface area contributed by atoms with Crippen LogP contribution in [0.4, 0.5) is 5.69 Å². The number of hydrogen-bond acceptors (Lipinski definition) is 3. The van der Waals surface area contributed by atoms with Gasteiger partial charge in [0.2, 0.25) is 5.91 Å². The van der Waals surface area contributed by atoms with Gasteiger partial charge in [-0.25, -0.2) is 4.98 Å². The van der Waals surface area contributed by atoms with E-state index in [1.54, 1.807) is 43.3 Å². The number of para-hydroxylation sites is 1. The molecular weight excluding hydrogens is 349 g/mol. The molecule has 1 amide bonds. The fourth-order valence-corrected chi connectivity index (χ4v) is 2.75. The number of anilines is 1. The first-order valence-corrected chi connectivity index (χ1v) is 7.93. The molecule has 0 radical (unpaired) electrons. The Hall–Kier alpha value is -2.37. The molecule has 0 aliphatic carbocycles. The maximum atomic E-state index is 12.6. The Kier molecular flexibility index (Phi) is 4.55. The average molecular weight is 362 g/mol. The van der Waals surface area contributed by atoms with Crippen LogP contribution in [-0.4, -0.2) is 15.5 Å². The maximum absolute atomic E-state index is 12.6. The number of benzene rings is 2. The van der Waals surface area contributed by atoms with Gasteiger partial charge in [0.1, 0.15) is 12.4 Å². The number of carbonyl (C=O) groups is 1. The Morgan fingerprint density at radius 1 is 1.17 bits per heavy atom. The molecule has 122 valence electrons. The molecule has 0 aliphatic heterocycles. The van der Waals surface area contributed by atoms with E-state index in [9.17, 15) is 9.59 Å². The van der Waals surface area contributed by atoms with Crippen molar-refractivity contribution in [2.24, 2.45) is 0 Å². The number of carbonyl (C=O) groups excluding carboxylic acids is 1. The van der Waals surface area contributed by atoms with Crippen LogP contribution in [0, 0.1) is 6.92 Å². The molecule has 5 nitrogen and oxygen atoms in total. The standard InChI is InChI=1S/C17H13Cl2N3O2/c1-10-20-13-7-3-2-5-11(13)17(24)22(10)9-15(23)21-14-8-4-6-12(18)16(14)19/h2-8H,9H2,1H3,(H,21,23). The monoisotopic (exact) mass is 361 g/mol. The first-order valence-electron chi connectivity index (χ1n) is 7.17. The summed E-state index contributed by atoms with van der Waals surface area (Å²) in [6.07, 6.45) is 0. The van der Waals surface area contributed by atoms with Crippen molar-refractivity contribution >= 4 is 45.7 Å². The second-order valence-electron chi connectivity index (χ2n) is 5.22. The van der Waals surface area contributed by atoms with E-state index < -0.39 is 0 Å². The summed E-state index contributed by atoms with van der Waals surface area (Å²) in [5.41, 5.74) is 0.744. The molecular formula is C17H13Cl2N3O2. The number of nitrogens with one attached hydrogen (secondary N) is 1. The van der Waals surface area contributed by atoms with Gasteiger partial charge in [-0.2, -0.15) is 0 Å². The summed E-state index contributed by atoms with van der Waals surface area (Å²) in [5.74, 6) is 0.0764. The minimum atomic E-state index is -0.388. The quantitative estimate of drug-likeness (QED) is 0.774. The molecule has 3 aromatic rings. The molecule has 1 N–H and O–H groups in total. The van der Waals surface area contributed by atoms with Crippen LogP contribution in [0.15, 0.2) is 47.3 Å². The highest BCUT2D eigenvalue weighted by Crippen LogP contribution is 2.29. The van der Waals surface area contributed by atoms with Gasteiger partial charge in [-0.15, -0.1) is 0 Å². The van der Waals surface area contributed by atoms with Crippen LogP contribution in [0.25, 0.3) is 10.9 Å². The van der Waals surface area contributed by atoms with Crippen LogP contribution in [0.5, 0.6) is 0 Å². The van der Waals surface area contributed by atoms with E-state index in [0.29, 0.717) is 27.4 Å². The zero-order valence-corrected chi connectivity index (χ0v) is 14.2. The molecule has 24 heavy (non-hydrogen) atoms. The van der Waals surface area contributed by atoms with Gasteiger partial charge in [0.25, 0.3) is 5.56 Å². The Balaban J connectivity index is 1.91. The van der Waals surface area contributed by atoms with E-state index in [1.807, 2.05) is 6.07 Å². The molecule has 0 saturated carbocycles. The van der Waals surface area contributed by atoms with E-state index in [4.69, 9.17) is 23.2 Å². The molecule has 0 bridgehead atoms. The number of aryl methyl sites for hydroxylation is 1. The maximum Gasteiger partial charge on any atom is 0.261 e. The van der Waals surface area contributed by atoms with Crippen molar-refractivity contribution in [3.8, 4) is 0 Å². The Morgan fingerprint density at radius 3 is 2.71 bits per heavy atom. The third-order valence-electron chi connectivity index (χ3n) is 3.58. The summed E-state index contributed by atoms with van der Waals surface area (Å²) in [6.45, 7) is 1.53. The third kappa shape index (κ3) is 3.13. The zero-order valence-electron chi connectivity index (χ0n) is 12.7. The van der Waals surface area contributed by atoms with Crippen molar-refractivity contribution in [1.82, 2.24) is 9.55 Å². The third-order valence-corrected chi connectivity index (χ3v) is 4.40. The van der Waals surface area contributed by atoms with E-state index in [0.717, 1.165) is 0 Å². The van der Waals surface area contributed by atoms with Gasteiger partial charge in [-0.05, 0) is 31.2 Å². The summed E-state index contributed by atoms with van der Waals surface area (Å²) < 4.78 is 1.33. The van der Waals surface area contributed by atoms with Gasteiger partial charge in [0.15, 0.2) is 0 Å². The highest BCUT2D eigenvalue weighted by molar-refractivity contribution is 6.43. The SMILES string of the molecule is Cc1nc2ccccc2c(=O)n1CC(=O)Nc1cccc(Cl)c1Cl. The summed E-state index contributed by atoms with van der Waals surface area (Å²) in [4.78, 5) is 29.2. The molecule has 2 aromatic carbocycles. The predicted molar refractivity (Wildman–Crippen MR) is 95.8 cm³/mol. The van der Waals surface area contributed by atoms with Crippen LogP contribution in [0.2, 0.25) is 10.0 Å². The lowest BCUT2D eigenvalue weighted by molar-refractivity contribution is -0.116. The van der Waals surface area contributed by atoms with E-state index in [1.165, 1.54) is 4.57 Å². The topological polar surface area (TPSA) is 64.0 Å². The molecule has 7 heteroatoms. The smallest absolute Gasteiger partial charge is 0.261 e. The number of fused-ring (bicyclic) bond motifs is 1. The molecule has 0 fully saturated rings. The number of hydrogen-bond donors (Lipinski definition) is 1. The largest absolute Gasteiger partial charge is 0.323 e. The molecule has 3 rings (SSSR count). The Bertz CT molecular complexity index is 999. The van der Waals surface area contributed by atoms with Gasteiger partial charge in [-0.1, -0.05) is 41.4 Å². The fourth-order valence-electron chi connectivity index (χ4n) is 2.40. The van der Waals surface area contributed by atoms with Crippen molar-refractivity contribution in [3.63, 3.8) is 0 Å². The molecule has 1 heterocycles. The van der Waals surface area contributed by atoms with Crippen LogP contribution < -0.4 is 10.9 Å². The lowest BCUT2D eigenvalue weighted by Gasteiger charge is -2.12. The summed E-state index contributed by atoms with van der Waals surface area (Å²) >= 11 is 12.0. The van der Waals surface area contributed by atoms with Gasteiger partial charge >= 0.3 is 0 Å². The van der Waals surface area contributed by atoms with Crippen molar-refractivity contribution < 1.29 is 4.79 Å². The van der Waals surface area contributed by atoms with Gasteiger partial charge in [-0.3, -0.25) is 14.2 Å². The van der Waals surface area contributed by atoms with Crippen LogP contribution >= 0.6 is 23.2 Å². The van der Waals surface area contributed by atoms with Crippen LogP contribution in [0.3, 0.4) is 0 Å². The fraction of sp³-hybridized carbons (Fsp3) is 0.118. The highest BCUT2D eigenvalue weighted by Gasteiger charge is 2.13. The molecule has 0 aliphatic rings. The molecule has 0 unspecified atom stereocenters.